The van der Waals surface area contributed by atoms with E-state index in [0.717, 1.165) is 5.69 Å². The monoisotopic (exact) mass is 183 g/mol. The van der Waals surface area contributed by atoms with Crippen LogP contribution in [0.3, 0.4) is 0 Å². The molecule has 13 heavy (non-hydrogen) atoms. The molecule has 0 saturated heterocycles. The third-order valence-corrected chi connectivity index (χ3v) is 2.42. The summed E-state index contributed by atoms with van der Waals surface area (Å²) in [5.41, 5.74) is 0.922. The zero-order valence-corrected chi connectivity index (χ0v) is 8.61. The molecule has 0 aromatic carbocycles. The van der Waals surface area contributed by atoms with Crippen molar-refractivity contribution in [1.82, 2.24) is 5.16 Å². The molecule has 3 nitrogen and oxygen atoms in total. The second-order valence-electron chi connectivity index (χ2n) is 3.86. The van der Waals surface area contributed by atoms with Gasteiger partial charge in [0.25, 0.3) is 0 Å². The molecule has 0 aliphatic carbocycles. The zero-order chi connectivity index (χ0) is 10.0. The lowest BCUT2D eigenvalue weighted by Crippen LogP contribution is -2.01. The van der Waals surface area contributed by atoms with E-state index in [4.69, 9.17) is 4.52 Å². The molecular weight excluding hydrogens is 166 g/mol. The molecule has 0 amide bonds. The smallest absolute Gasteiger partial charge is 0.165 e. The Balaban J connectivity index is 2.79. The largest absolute Gasteiger partial charge is 0.385 e. The van der Waals surface area contributed by atoms with E-state index in [1.807, 2.05) is 6.07 Å². The summed E-state index contributed by atoms with van der Waals surface area (Å²) in [5.74, 6) is 1.45. The second-order valence-corrected chi connectivity index (χ2v) is 3.86. The molecule has 1 aromatic rings. The maximum Gasteiger partial charge on any atom is 0.165 e. The van der Waals surface area contributed by atoms with Gasteiger partial charge in [0.1, 0.15) is 6.10 Å². The predicted molar refractivity (Wildman–Crippen MR) is 50.4 cm³/mol. The van der Waals surface area contributed by atoms with Crippen molar-refractivity contribution >= 4 is 0 Å². The molecule has 0 aliphatic heterocycles. The van der Waals surface area contributed by atoms with Crippen molar-refractivity contribution in [3.8, 4) is 0 Å². The number of aromatic nitrogens is 1. The van der Waals surface area contributed by atoms with Crippen molar-refractivity contribution in [3.63, 3.8) is 0 Å². The molecule has 1 aromatic heterocycles. The lowest BCUT2D eigenvalue weighted by atomic mass is 9.94. The van der Waals surface area contributed by atoms with Crippen molar-refractivity contribution in [1.29, 1.82) is 0 Å². The van der Waals surface area contributed by atoms with Crippen LogP contribution in [0.1, 0.15) is 51.2 Å². The maximum absolute atomic E-state index is 9.22. The minimum Gasteiger partial charge on any atom is -0.385 e. The molecule has 0 spiro atoms. The highest BCUT2D eigenvalue weighted by Crippen LogP contribution is 2.24. The summed E-state index contributed by atoms with van der Waals surface area (Å²) in [7, 11) is 0. The van der Waals surface area contributed by atoms with Crippen LogP contribution in [0.25, 0.3) is 0 Å². The Kier molecular flexibility index (Phi) is 3.09. The SMILES string of the molecule is CC(O)c1cc([C@@H](C)C(C)C)no1. The Labute approximate surface area is 78.7 Å². The van der Waals surface area contributed by atoms with Crippen LogP contribution in [0.5, 0.6) is 0 Å². The van der Waals surface area contributed by atoms with Gasteiger partial charge in [-0.15, -0.1) is 0 Å². The van der Waals surface area contributed by atoms with Gasteiger partial charge in [-0.1, -0.05) is 25.9 Å². The average molecular weight is 183 g/mol. The molecule has 1 heterocycles. The van der Waals surface area contributed by atoms with Gasteiger partial charge in [0, 0.05) is 12.0 Å². The van der Waals surface area contributed by atoms with Gasteiger partial charge in [-0.2, -0.15) is 0 Å². The quantitative estimate of drug-likeness (QED) is 0.783. The highest BCUT2D eigenvalue weighted by atomic mass is 16.5. The fourth-order valence-electron chi connectivity index (χ4n) is 1.06. The van der Waals surface area contributed by atoms with Crippen LogP contribution >= 0.6 is 0 Å². The molecule has 0 saturated carbocycles. The van der Waals surface area contributed by atoms with Crippen molar-refractivity contribution < 1.29 is 9.63 Å². The van der Waals surface area contributed by atoms with Crippen molar-refractivity contribution in [2.45, 2.75) is 39.7 Å². The Morgan fingerprint density at radius 1 is 1.31 bits per heavy atom. The van der Waals surface area contributed by atoms with Crippen molar-refractivity contribution in [2.75, 3.05) is 0 Å². The van der Waals surface area contributed by atoms with Gasteiger partial charge in [-0.05, 0) is 12.8 Å². The van der Waals surface area contributed by atoms with E-state index in [1.54, 1.807) is 6.92 Å². The summed E-state index contributed by atoms with van der Waals surface area (Å²) >= 11 is 0. The first kappa shape index (κ1) is 10.3. The Morgan fingerprint density at radius 2 is 1.92 bits per heavy atom. The molecular formula is C10H17NO2. The van der Waals surface area contributed by atoms with Crippen LogP contribution < -0.4 is 0 Å². The van der Waals surface area contributed by atoms with Crippen LogP contribution in [0, 0.1) is 5.92 Å². The zero-order valence-electron chi connectivity index (χ0n) is 8.61. The van der Waals surface area contributed by atoms with E-state index in [1.165, 1.54) is 0 Å². The van der Waals surface area contributed by atoms with Crippen molar-refractivity contribution in [3.05, 3.63) is 17.5 Å². The first-order valence-electron chi connectivity index (χ1n) is 4.67. The molecule has 3 heteroatoms. The fourth-order valence-corrected chi connectivity index (χ4v) is 1.06. The van der Waals surface area contributed by atoms with Crippen LogP contribution in [-0.2, 0) is 0 Å². The predicted octanol–water partition coefficient (Wildman–Crippen LogP) is 2.49. The molecule has 2 atom stereocenters. The Morgan fingerprint density at radius 3 is 2.31 bits per heavy atom. The van der Waals surface area contributed by atoms with E-state index in [2.05, 4.69) is 25.9 Å². The molecule has 0 radical (unpaired) electrons. The third-order valence-electron chi connectivity index (χ3n) is 2.42. The highest BCUT2D eigenvalue weighted by molar-refractivity contribution is 5.11. The normalized spacial score (nSPS) is 16.2. The number of aliphatic hydroxyl groups is 1. The van der Waals surface area contributed by atoms with E-state index < -0.39 is 6.10 Å². The topological polar surface area (TPSA) is 46.3 Å². The summed E-state index contributed by atoms with van der Waals surface area (Å²) in [4.78, 5) is 0. The molecule has 0 bridgehead atoms. The Hall–Kier alpha value is -0.830. The first-order chi connectivity index (χ1) is 6.02. The summed E-state index contributed by atoms with van der Waals surface area (Å²) in [6.45, 7) is 8.06. The standard InChI is InChI=1S/C10H17NO2/c1-6(2)7(3)9-5-10(8(4)12)13-11-9/h5-8,12H,1-4H3/t7-,8?/m0/s1. The van der Waals surface area contributed by atoms with E-state index in [0.29, 0.717) is 17.6 Å². The van der Waals surface area contributed by atoms with Crippen LogP contribution in [-0.4, -0.2) is 10.3 Å². The Bertz CT molecular complexity index is 266. The summed E-state index contributed by atoms with van der Waals surface area (Å²) in [6, 6.07) is 1.83. The molecule has 1 unspecified atom stereocenters. The van der Waals surface area contributed by atoms with E-state index >= 15 is 0 Å². The van der Waals surface area contributed by atoms with E-state index in [9.17, 15) is 5.11 Å². The fraction of sp³-hybridized carbons (Fsp3) is 0.700. The first-order valence-corrected chi connectivity index (χ1v) is 4.67. The number of hydrogen-bond acceptors (Lipinski definition) is 3. The third kappa shape index (κ3) is 2.31. The number of nitrogens with zero attached hydrogens (tertiary/aromatic N) is 1. The molecule has 1 N–H and O–H groups in total. The maximum atomic E-state index is 9.22. The average Bonchev–Trinajstić information content (AvgIpc) is 2.50. The van der Waals surface area contributed by atoms with Crippen molar-refractivity contribution in [2.24, 2.45) is 5.92 Å². The molecule has 0 fully saturated rings. The summed E-state index contributed by atoms with van der Waals surface area (Å²) in [5, 5.41) is 13.1. The van der Waals surface area contributed by atoms with Gasteiger partial charge >= 0.3 is 0 Å². The van der Waals surface area contributed by atoms with E-state index in [-0.39, 0.29) is 0 Å². The second kappa shape index (κ2) is 3.92. The van der Waals surface area contributed by atoms with Gasteiger partial charge in [0.2, 0.25) is 0 Å². The number of hydrogen-bond donors (Lipinski definition) is 1. The summed E-state index contributed by atoms with van der Waals surface area (Å²) in [6.07, 6.45) is -0.569. The molecule has 0 aliphatic rings. The van der Waals surface area contributed by atoms with Gasteiger partial charge in [0.15, 0.2) is 5.76 Å². The lowest BCUT2D eigenvalue weighted by molar-refractivity contribution is 0.157. The minimum atomic E-state index is -0.569. The van der Waals surface area contributed by atoms with Gasteiger partial charge in [-0.3, -0.25) is 0 Å². The lowest BCUT2D eigenvalue weighted by Gasteiger charge is -2.10. The van der Waals surface area contributed by atoms with Gasteiger partial charge in [0.05, 0.1) is 5.69 Å². The minimum absolute atomic E-state index is 0.372. The van der Waals surface area contributed by atoms with Gasteiger partial charge in [-0.25, -0.2) is 0 Å². The van der Waals surface area contributed by atoms with Crippen LogP contribution in [0.2, 0.25) is 0 Å². The number of rotatable bonds is 3. The molecule has 74 valence electrons. The molecule has 1 rings (SSSR count). The highest BCUT2D eigenvalue weighted by Gasteiger charge is 2.16. The number of aliphatic hydroxyl groups excluding tert-OH is 1. The van der Waals surface area contributed by atoms with Gasteiger partial charge < -0.3 is 9.63 Å². The van der Waals surface area contributed by atoms with Crippen LogP contribution in [0.4, 0.5) is 0 Å². The summed E-state index contributed by atoms with van der Waals surface area (Å²) < 4.78 is 5.00. The van der Waals surface area contributed by atoms with Crippen LogP contribution in [0.15, 0.2) is 10.6 Å².